The highest BCUT2D eigenvalue weighted by molar-refractivity contribution is 5.94. The number of benzene rings is 1. The summed E-state index contributed by atoms with van der Waals surface area (Å²) < 4.78 is 11.3. The predicted molar refractivity (Wildman–Crippen MR) is 85.4 cm³/mol. The molecule has 0 saturated carbocycles. The van der Waals surface area contributed by atoms with Crippen molar-refractivity contribution < 1.29 is 14.3 Å². The topological polar surface area (TPSA) is 38.8 Å². The lowest BCUT2D eigenvalue weighted by atomic mass is 10.0. The Bertz CT molecular complexity index is 523. The molecule has 1 amide bonds. The van der Waals surface area contributed by atoms with Gasteiger partial charge < -0.3 is 14.4 Å². The molecule has 1 unspecified atom stereocenters. The lowest BCUT2D eigenvalue weighted by Gasteiger charge is -2.25. The summed E-state index contributed by atoms with van der Waals surface area (Å²) in [5.41, 5.74) is 1.91. The number of fused-ring (bicyclic) bond motifs is 1. The van der Waals surface area contributed by atoms with Crippen molar-refractivity contribution in [3.63, 3.8) is 0 Å². The second kappa shape index (κ2) is 7.14. The van der Waals surface area contributed by atoms with E-state index in [-0.39, 0.29) is 5.91 Å². The van der Waals surface area contributed by atoms with Crippen molar-refractivity contribution >= 4 is 5.91 Å². The maximum absolute atomic E-state index is 12.5. The van der Waals surface area contributed by atoms with Crippen LogP contribution in [0.1, 0.15) is 48.0 Å². The number of hydrogen-bond acceptors (Lipinski definition) is 3. The summed E-state index contributed by atoms with van der Waals surface area (Å²) in [5.74, 6) is 1.02. The summed E-state index contributed by atoms with van der Waals surface area (Å²) in [7, 11) is 1.88. The van der Waals surface area contributed by atoms with Gasteiger partial charge in [-0.15, -0.1) is 0 Å². The van der Waals surface area contributed by atoms with Gasteiger partial charge in [-0.05, 0) is 62.3 Å². The predicted octanol–water partition coefficient (Wildman–Crippen LogP) is 3.04. The van der Waals surface area contributed by atoms with Crippen LogP contribution in [0, 0.1) is 0 Å². The number of aryl methyl sites for hydroxylation is 1. The van der Waals surface area contributed by atoms with Gasteiger partial charge in [0, 0.05) is 25.8 Å². The fourth-order valence-corrected chi connectivity index (χ4v) is 3.19. The van der Waals surface area contributed by atoms with E-state index in [1.54, 1.807) is 0 Å². The molecular formula is C18H25NO3. The molecule has 22 heavy (non-hydrogen) atoms. The molecule has 0 aliphatic carbocycles. The second-order valence-electron chi connectivity index (χ2n) is 6.28. The number of amides is 1. The summed E-state index contributed by atoms with van der Waals surface area (Å²) in [6.07, 6.45) is 6.81. The molecule has 0 N–H and O–H groups in total. The Labute approximate surface area is 132 Å². The van der Waals surface area contributed by atoms with Gasteiger partial charge in [0.15, 0.2) is 0 Å². The Balaban J connectivity index is 1.57. The number of nitrogens with zero attached hydrogens (tertiary/aromatic N) is 1. The maximum atomic E-state index is 12.5. The Morgan fingerprint density at radius 3 is 3.00 bits per heavy atom. The van der Waals surface area contributed by atoms with Crippen LogP contribution in [-0.4, -0.2) is 43.7 Å². The zero-order valence-corrected chi connectivity index (χ0v) is 13.3. The molecule has 1 atom stereocenters. The Hall–Kier alpha value is -1.55. The van der Waals surface area contributed by atoms with E-state index in [2.05, 4.69) is 0 Å². The summed E-state index contributed by atoms with van der Waals surface area (Å²) >= 11 is 0. The van der Waals surface area contributed by atoms with E-state index < -0.39 is 0 Å². The number of carbonyl (C=O) groups excluding carboxylic acids is 1. The monoisotopic (exact) mass is 303 g/mol. The lowest BCUT2D eigenvalue weighted by molar-refractivity contribution is 0.00709. The molecular weight excluding hydrogens is 278 g/mol. The highest BCUT2D eigenvalue weighted by atomic mass is 16.5. The van der Waals surface area contributed by atoms with Gasteiger partial charge in [-0.1, -0.05) is 0 Å². The third kappa shape index (κ3) is 3.61. The highest BCUT2D eigenvalue weighted by Crippen LogP contribution is 2.26. The zero-order chi connectivity index (χ0) is 15.4. The number of carbonyl (C=O) groups is 1. The molecule has 0 radical (unpaired) electrons. The molecule has 4 heteroatoms. The van der Waals surface area contributed by atoms with Crippen molar-refractivity contribution in [1.82, 2.24) is 4.90 Å². The molecule has 3 rings (SSSR count). The van der Waals surface area contributed by atoms with Crippen LogP contribution >= 0.6 is 0 Å². The maximum Gasteiger partial charge on any atom is 0.253 e. The van der Waals surface area contributed by atoms with Crippen LogP contribution in [0.4, 0.5) is 0 Å². The van der Waals surface area contributed by atoms with E-state index in [1.165, 1.54) is 12.8 Å². The van der Waals surface area contributed by atoms with Gasteiger partial charge >= 0.3 is 0 Å². The Morgan fingerprint density at radius 2 is 2.18 bits per heavy atom. The molecule has 1 saturated heterocycles. The molecule has 2 heterocycles. The van der Waals surface area contributed by atoms with E-state index in [4.69, 9.17) is 9.47 Å². The van der Waals surface area contributed by atoms with Gasteiger partial charge in [-0.25, -0.2) is 0 Å². The normalized spacial score (nSPS) is 20.9. The first-order valence-electron chi connectivity index (χ1n) is 8.37. The molecule has 120 valence electrons. The first-order chi connectivity index (χ1) is 10.7. The van der Waals surface area contributed by atoms with Crippen LogP contribution in [0.5, 0.6) is 5.75 Å². The van der Waals surface area contributed by atoms with Gasteiger partial charge in [0.05, 0.1) is 12.7 Å². The van der Waals surface area contributed by atoms with Gasteiger partial charge in [0.1, 0.15) is 5.75 Å². The van der Waals surface area contributed by atoms with Crippen molar-refractivity contribution in [3.8, 4) is 5.75 Å². The van der Waals surface area contributed by atoms with E-state index in [0.29, 0.717) is 6.10 Å². The van der Waals surface area contributed by atoms with Crippen LogP contribution in [0.15, 0.2) is 18.2 Å². The molecule has 1 aromatic rings. The summed E-state index contributed by atoms with van der Waals surface area (Å²) in [5, 5.41) is 0. The summed E-state index contributed by atoms with van der Waals surface area (Å²) in [6.45, 7) is 2.39. The summed E-state index contributed by atoms with van der Waals surface area (Å²) in [4.78, 5) is 14.4. The third-order valence-electron chi connectivity index (χ3n) is 4.56. The minimum atomic E-state index is 0.0872. The summed E-state index contributed by atoms with van der Waals surface area (Å²) in [6, 6.07) is 5.80. The van der Waals surface area contributed by atoms with Crippen molar-refractivity contribution in [2.75, 3.05) is 26.8 Å². The van der Waals surface area contributed by atoms with Gasteiger partial charge in [0.2, 0.25) is 0 Å². The van der Waals surface area contributed by atoms with Crippen LogP contribution in [0.2, 0.25) is 0 Å². The van der Waals surface area contributed by atoms with Crippen LogP contribution in [0.25, 0.3) is 0 Å². The molecule has 1 fully saturated rings. The van der Waals surface area contributed by atoms with Gasteiger partial charge in [0.25, 0.3) is 5.91 Å². The van der Waals surface area contributed by atoms with Gasteiger partial charge in [-0.2, -0.15) is 0 Å². The van der Waals surface area contributed by atoms with Gasteiger partial charge in [-0.3, -0.25) is 4.79 Å². The molecule has 0 bridgehead atoms. The number of rotatable bonds is 4. The van der Waals surface area contributed by atoms with E-state index >= 15 is 0 Å². The van der Waals surface area contributed by atoms with E-state index in [1.807, 2.05) is 30.1 Å². The molecule has 4 nitrogen and oxygen atoms in total. The van der Waals surface area contributed by atoms with Crippen molar-refractivity contribution in [2.45, 2.75) is 44.6 Å². The van der Waals surface area contributed by atoms with Crippen molar-refractivity contribution in [1.29, 1.82) is 0 Å². The Morgan fingerprint density at radius 1 is 1.27 bits per heavy atom. The highest BCUT2D eigenvalue weighted by Gasteiger charge is 2.19. The van der Waals surface area contributed by atoms with E-state index in [0.717, 1.165) is 62.3 Å². The zero-order valence-electron chi connectivity index (χ0n) is 13.3. The smallest absolute Gasteiger partial charge is 0.253 e. The quantitative estimate of drug-likeness (QED) is 0.858. The van der Waals surface area contributed by atoms with Crippen molar-refractivity contribution in [2.24, 2.45) is 0 Å². The molecule has 0 aromatic heterocycles. The van der Waals surface area contributed by atoms with Crippen molar-refractivity contribution in [3.05, 3.63) is 29.3 Å². The largest absolute Gasteiger partial charge is 0.493 e. The second-order valence-corrected chi connectivity index (χ2v) is 6.28. The molecule has 1 aromatic carbocycles. The molecule has 2 aliphatic heterocycles. The fourth-order valence-electron chi connectivity index (χ4n) is 3.19. The average molecular weight is 303 g/mol. The minimum absolute atomic E-state index is 0.0872. The molecule has 2 aliphatic rings. The average Bonchev–Trinajstić information content (AvgIpc) is 2.59. The van der Waals surface area contributed by atoms with E-state index in [9.17, 15) is 4.79 Å². The number of ether oxygens (including phenoxy) is 2. The SMILES string of the molecule is CN(CCC1CCCCO1)C(=O)c1ccc2c(c1)CCCO2. The first kappa shape index (κ1) is 15.3. The van der Waals surface area contributed by atoms with Crippen LogP contribution < -0.4 is 4.74 Å². The Kier molecular flexibility index (Phi) is 4.98. The minimum Gasteiger partial charge on any atom is -0.493 e. The standard InChI is InChI=1S/C18H25NO3/c1-19(10-9-16-6-2-3-11-21-16)18(20)15-7-8-17-14(13-15)5-4-12-22-17/h7-8,13,16H,2-6,9-12H2,1H3. The lowest BCUT2D eigenvalue weighted by Crippen LogP contribution is -2.31. The van der Waals surface area contributed by atoms with Crippen LogP contribution in [0.3, 0.4) is 0 Å². The fraction of sp³-hybridized carbons (Fsp3) is 0.611. The molecule has 0 spiro atoms. The van der Waals surface area contributed by atoms with Crippen LogP contribution in [-0.2, 0) is 11.2 Å². The third-order valence-corrected chi connectivity index (χ3v) is 4.56. The number of hydrogen-bond donors (Lipinski definition) is 0. The first-order valence-corrected chi connectivity index (χ1v) is 8.37.